The number of amides is 2. The first-order valence-corrected chi connectivity index (χ1v) is 9.50. The van der Waals surface area contributed by atoms with Gasteiger partial charge in [-0.25, -0.2) is 0 Å². The minimum absolute atomic E-state index is 0.127. The molecular weight excluding hydrogens is 364 g/mol. The molecular formula is C24H24N2O3. The highest BCUT2D eigenvalue weighted by Gasteiger charge is 2.17. The molecule has 2 N–H and O–H groups in total. The van der Waals surface area contributed by atoms with Crippen LogP contribution in [0.4, 0.5) is 0 Å². The van der Waals surface area contributed by atoms with Gasteiger partial charge in [0.2, 0.25) is 5.91 Å². The van der Waals surface area contributed by atoms with Gasteiger partial charge in [0, 0.05) is 25.1 Å². The van der Waals surface area contributed by atoms with Gasteiger partial charge in [-0.3, -0.25) is 9.59 Å². The molecule has 0 fully saturated rings. The molecule has 0 aliphatic heterocycles. The van der Waals surface area contributed by atoms with E-state index in [1.807, 2.05) is 72.8 Å². The van der Waals surface area contributed by atoms with E-state index in [9.17, 15) is 9.59 Å². The highest BCUT2D eigenvalue weighted by molar-refractivity contribution is 5.94. The van der Waals surface area contributed by atoms with E-state index in [2.05, 4.69) is 0 Å². The minimum atomic E-state index is -0.427. The highest BCUT2D eigenvalue weighted by Crippen LogP contribution is 2.15. The number of primary amides is 1. The fraction of sp³-hybridized carbons (Fsp3) is 0.167. The molecule has 0 spiro atoms. The summed E-state index contributed by atoms with van der Waals surface area (Å²) in [6.07, 6.45) is 0.127. The summed E-state index contributed by atoms with van der Waals surface area (Å²) in [5.41, 5.74) is 7.82. The molecule has 148 valence electrons. The molecule has 0 heterocycles. The molecule has 0 saturated heterocycles. The second kappa shape index (κ2) is 10.1. The van der Waals surface area contributed by atoms with Crippen LogP contribution in [0.3, 0.4) is 0 Å². The zero-order valence-corrected chi connectivity index (χ0v) is 16.2. The Morgan fingerprint density at radius 2 is 1.41 bits per heavy atom. The lowest BCUT2D eigenvalue weighted by molar-refractivity contribution is -0.118. The molecule has 5 heteroatoms. The maximum Gasteiger partial charge on any atom is 0.254 e. The average molecular weight is 388 g/mol. The first kappa shape index (κ1) is 20.1. The van der Waals surface area contributed by atoms with Crippen molar-refractivity contribution >= 4 is 11.8 Å². The third kappa shape index (κ3) is 6.21. The van der Waals surface area contributed by atoms with Crippen molar-refractivity contribution in [3.63, 3.8) is 0 Å². The number of nitrogens with two attached hydrogens (primary N) is 1. The molecule has 0 aliphatic carbocycles. The van der Waals surface area contributed by atoms with Gasteiger partial charge in [0.25, 0.3) is 5.91 Å². The number of carbonyl (C=O) groups excluding carboxylic acids is 2. The normalized spacial score (nSPS) is 10.3. The van der Waals surface area contributed by atoms with Gasteiger partial charge >= 0.3 is 0 Å². The van der Waals surface area contributed by atoms with E-state index in [-0.39, 0.29) is 18.9 Å². The molecule has 5 nitrogen and oxygen atoms in total. The Morgan fingerprint density at radius 3 is 2.03 bits per heavy atom. The van der Waals surface area contributed by atoms with E-state index < -0.39 is 5.91 Å². The fourth-order valence-electron chi connectivity index (χ4n) is 2.91. The smallest absolute Gasteiger partial charge is 0.254 e. The number of para-hydroxylation sites is 1. The standard InChI is InChI=1S/C24H24N2O3/c25-23(27)15-16-26(17-19-7-3-1-4-8-19)24(28)21-13-11-20(12-14-21)18-29-22-9-5-2-6-10-22/h1-14H,15-18H2,(H2,25,27). The fourth-order valence-corrected chi connectivity index (χ4v) is 2.91. The molecule has 0 radical (unpaired) electrons. The van der Waals surface area contributed by atoms with E-state index in [1.165, 1.54) is 0 Å². The Morgan fingerprint density at radius 1 is 0.793 bits per heavy atom. The van der Waals surface area contributed by atoms with Gasteiger partial charge in [-0.05, 0) is 35.4 Å². The van der Waals surface area contributed by atoms with Crippen molar-refractivity contribution in [3.8, 4) is 5.75 Å². The van der Waals surface area contributed by atoms with Gasteiger partial charge in [0.1, 0.15) is 12.4 Å². The summed E-state index contributed by atoms with van der Waals surface area (Å²) in [5.74, 6) is 0.239. The Balaban J connectivity index is 1.66. The molecule has 0 atom stereocenters. The SMILES string of the molecule is NC(=O)CCN(Cc1ccccc1)C(=O)c1ccc(COc2ccccc2)cc1. The molecule has 0 aliphatic rings. The minimum Gasteiger partial charge on any atom is -0.489 e. The number of rotatable bonds is 9. The third-order valence-electron chi connectivity index (χ3n) is 4.48. The maximum atomic E-state index is 13.0. The van der Waals surface area contributed by atoms with E-state index in [0.717, 1.165) is 16.9 Å². The number of carbonyl (C=O) groups is 2. The van der Waals surface area contributed by atoms with Crippen molar-refractivity contribution in [2.75, 3.05) is 6.54 Å². The zero-order valence-electron chi connectivity index (χ0n) is 16.2. The molecule has 2 amide bonds. The summed E-state index contributed by atoms with van der Waals surface area (Å²) in [7, 11) is 0. The lowest BCUT2D eigenvalue weighted by Crippen LogP contribution is -2.33. The van der Waals surface area contributed by atoms with Crippen molar-refractivity contribution < 1.29 is 14.3 Å². The van der Waals surface area contributed by atoms with Crippen molar-refractivity contribution in [3.05, 3.63) is 102 Å². The molecule has 0 unspecified atom stereocenters. The lowest BCUT2D eigenvalue weighted by atomic mass is 10.1. The van der Waals surface area contributed by atoms with Gasteiger partial charge < -0.3 is 15.4 Å². The molecule has 0 bridgehead atoms. The summed E-state index contributed by atoms with van der Waals surface area (Å²) >= 11 is 0. The Kier molecular flexibility index (Phi) is 7.00. The van der Waals surface area contributed by atoms with Crippen LogP contribution in [0.5, 0.6) is 5.75 Å². The Labute approximate surface area is 170 Å². The van der Waals surface area contributed by atoms with Crippen LogP contribution in [-0.2, 0) is 17.9 Å². The van der Waals surface area contributed by atoms with Crippen LogP contribution in [0.2, 0.25) is 0 Å². The molecule has 3 aromatic carbocycles. The number of nitrogens with zero attached hydrogens (tertiary/aromatic N) is 1. The summed E-state index contributed by atoms with van der Waals surface area (Å²) in [6, 6.07) is 26.6. The number of benzene rings is 3. The monoisotopic (exact) mass is 388 g/mol. The first-order chi connectivity index (χ1) is 14.1. The van der Waals surface area contributed by atoms with E-state index in [1.54, 1.807) is 17.0 Å². The number of hydrogen-bond donors (Lipinski definition) is 1. The highest BCUT2D eigenvalue weighted by atomic mass is 16.5. The Bertz CT molecular complexity index is 925. The maximum absolute atomic E-state index is 13.0. The van der Waals surface area contributed by atoms with E-state index in [4.69, 9.17) is 10.5 Å². The van der Waals surface area contributed by atoms with E-state index in [0.29, 0.717) is 18.7 Å². The van der Waals surface area contributed by atoms with E-state index >= 15 is 0 Å². The third-order valence-corrected chi connectivity index (χ3v) is 4.48. The second-order valence-electron chi connectivity index (χ2n) is 6.73. The van der Waals surface area contributed by atoms with Crippen LogP contribution in [-0.4, -0.2) is 23.3 Å². The van der Waals surface area contributed by atoms with Gasteiger partial charge in [0.05, 0.1) is 0 Å². The quantitative estimate of drug-likeness (QED) is 0.606. The van der Waals surface area contributed by atoms with Crippen LogP contribution in [0.1, 0.15) is 27.9 Å². The van der Waals surface area contributed by atoms with Crippen LogP contribution in [0.25, 0.3) is 0 Å². The van der Waals surface area contributed by atoms with Gasteiger partial charge in [0.15, 0.2) is 0 Å². The average Bonchev–Trinajstić information content (AvgIpc) is 2.76. The number of ether oxygens (including phenoxy) is 1. The van der Waals surface area contributed by atoms with Gasteiger partial charge in [-0.2, -0.15) is 0 Å². The van der Waals surface area contributed by atoms with Crippen LogP contribution >= 0.6 is 0 Å². The van der Waals surface area contributed by atoms with Gasteiger partial charge in [-0.15, -0.1) is 0 Å². The lowest BCUT2D eigenvalue weighted by Gasteiger charge is -2.22. The van der Waals surface area contributed by atoms with Crippen LogP contribution in [0, 0.1) is 0 Å². The second-order valence-corrected chi connectivity index (χ2v) is 6.73. The molecule has 0 saturated carbocycles. The van der Waals surface area contributed by atoms with Crippen molar-refractivity contribution in [1.29, 1.82) is 0 Å². The van der Waals surface area contributed by atoms with Crippen LogP contribution in [0.15, 0.2) is 84.9 Å². The van der Waals surface area contributed by atoms with Crippen molar-refractivity contribution in [2.45, 2.75) is 19.6 Å². The zero-order chi connectivity index (χ0) is 20.5. The summed E-state index contributed by atoms with van der Waals surface area (Å²) in [4.78, 5) is 25.9. The number of hydrogen-bond acceptors (Lipinski definition) is 3. The first-order valence-electron chi connectivity index (χ1n) is 9.50. The predicted octanol–water partition coefficient (Wildman–Crippen LogP) is 3.78. The summed E-state index contributed by atoms with van der Waals surface area (Å²) in [5, 5.41) is 0. The predicted molar refractivity (Wildman–Crippen MR) is 112 cm³/mol. The largest absolute Gasteiger partial charge is 0.489 e. The van der Waals surface area contributed by atoms with Crippen molar-refractivity contribution in [1.82, 2.24) is 4.90 Å². The van der Waals surface area contributed by atoms with Crippen LogP contribution < -0.4 is 10.5 Å². The topological polar surface area (TPSA) is 72.6 Å². The molecule has 3 rings (SSSR count). The molecule has 29 heavy (non-hydrogen) atoms. The van der Waals surface area contributed by atoms with Crippen molar-refractivity contribution in [2.24, 2.45) is 5.73 Å². The molecule has 3 aromatic rings. The molecule has 0 aromatic heterocycles. The summed E-state index contributed by atoms with van der Waals surface area (Å²) < 4.78 is 5.74. The Hall–Kier alpha value is -3.60. The summed E-state index contributed by atoms with van der Waals surface area (Å²) in [6.45, 7) is 1.13. The van der Waals surface area contributed by atoms with Gasteiger partial charge in [-0.1, -0.05) is 60.7 Å².